The molecule has 0 amide bonds. The summed E-state index contributed by atoms with van der Waals surface area (Å²) in [7, 11) is 0. The van der Waals surface area contributed by atoms with Gasteiger partial charge < -0.3 is 15.8 Å². The highest BCUT2D eigenvalue weighted by molar-refractivity contribution is 4.77. The number of rotatable bonds is 7. The van der Waals surface area contributed by atoms with E-state index in [9.17, 15) is 0 Å². The largest absolute Gasteiger partial charge is 0.377 e. The van der Waals surface area contributed by atoms with Crippen LogP contribution < -0.4 is 11.1 Å². The third-order valence-corrected chi connectivity index (χ3v) is 3.32. The van der Waals surface area contributed by atoms with E-state index in [0.29, 0.717) is 18.1 Å². The van der Waals surface area contributed by atoms with Crippen molar-refractivity contribution in [1.29, 1.82) is 0 Å². The van der Waals surface area contributed by atoms with E-state index in [1.165, 1.54) is 25.7 Å². The predicted octanol–water partition coefficient (Wildman–Crippen LogP) is 1.52. The third kappa shape index (κ3) is 4.49. The first-order valence-electron chi connectivity index (χ1n) is 6.33. The average molecular weight is 214 g/mol. The Morgan fingerprint density at radius 1 is 1.53 bits per heavy atom. The van der Waals surface area contributed by atoms with Gasteiger partial charge in [-0.3, -0.25) is 0 Å². The average Bonchev–Trinajstić information content (AvgIpc) is 2.72. The van der Waals surface area contributed by atoms with Crippen LogP contribution in [0.15, 0.2) is 0 Å². The van der Waals surface area contributed by atoms with Gasteiger partial charge in [0.05, 0.1) is 6.10 Å². The standard InChI is InChI=1S/C12H26N2O/c1-3-5-10(2)12(8-13)14-9-11-6-4-7-15-11/h10-12,14H,3-9,13H2,1-2H3. The van der Waals surface area contributed by atoms with E-state index < -0.39 is 0 Å². The van der Waals surface area contributed by atoms with E-state index in [0.717, 1.165) is 19.7 Å². The molecule has 0 aromatic carbocycles. The molecular formula is C12H26N2O. The Morgan fingerprint density at radius 2 is 2.33 bits per heavy atom. The van der Waals surface area contributed by atoms with Crippen molar-refractivity contribution in [2.75, 3.05) is 19.7 Å². The van der Waals surface area contributed by atoms with Crippen molar-refractivity contribution in [2.45, 2.75) is 51.7 Å². The second-order valence-corrected chi connectivity index (χ2v) is 4.65. The van der Waals surface area contributed by atoms with Gasteiger partial charge in [0.2, 0.25) is 0 Å². The van der Waals surface area contributed by atoms with Gasteiger partial charge >= 0.3 is 0 Å². The van der Waals surface area contributed by atoms with Crippen molar-refractivity contribution in [1.82, 2.24) is 5.32 Å². The van der Waals surface area contributed by atoms with Gasteiger partial charge in [-0.15, -0.1) is 0 Å². The first-order valence-corrected chi connectivity index (χ1v) is 6.33. The summed E-state index contributed by atoms with van der Waals surface area (Å²) in [6.07, 6.45) is 5.32. The van der Waals surface area contributed by atoms with Gasteiger partial charge in [-0.2, -0.15) is 0 Å². The second-order valence-electron chi connectivity index (χ2n) is 4.65. The lowest BCUT2D eigenvalue weighted by atomic mass is 9.97. The van der Waals surface area contributed by atoms with Crippen LogP contribution in [0.25, 0.3) is 0 Å². The lowest BCUT2D eigenvalue weighted by Gasteiger charge is -2.25. The van der Waals surface area contributed by atoms with Crippen molar-refractivity contribution >= 4 is 0 Å². The summed E-state index contributed by atoms with van der Waals surface area (Å²) in [4.78, 5) is 0. The van der Waals surface area contributed by atoms with E-state index in [1.807, 2.05) is 0 Å². The molecule has 1 heterocycles. The fourth-order valence-electron chi connectivity index (χ4n) is 2.26. The Hall–Kier alpha value is -0.120. The maximum atomic E-state index is 5.79. The van der Waals surface area contributed by atoms with Crippen LogP contribution in [0.5, 0.6) is 0 Å². The zero-order chi connectivity index (χ0) is 11.1. The minimum Gasteiger partial charge on any atom is -0.377 e. The molecule has 0 radical (unpaired) electrons. The lowest BCUT2D eigenvalue weighted by molar-refractivity contribution is 0.105. The van der Waals surface area contributed by atoms with Crippen LogP contribution in [0.2, 0.25) is 0 Å². The molecule has 1 aliphatic heterocycles. The zero-order valence-corrected chi connectivity index (χ0v) is 10.2. The smallest absolute Gasteiger partial charge is 0.0700 e. The highest BCUT2D eigenvalue weighted by Gasteiger charge is 2.19. The first-order chi connectivity index (χ1) is 7.27. The summed E-state index contributed by atoms with van der Waals surface area (Å²) in [5.41, 5.74) is 5.79. The van der Waals surface area contributed by atoms with E-state index in [-0.39, 0.29) is 0 Å². The quantitative estimate of drug-likeness (QED) is 0.675. The van der Waals surface area contributed by atoms with E-state index in [1.54, 1.807) is 0 Å². The molecule has 0 aromatic rings. The van der Waals surface area contributed by atoms with E-state index >= 15 is 0 Å². The van der Waals surface area contributed by atoms with Gasteiger partial charge in [-0.05, 0) is 25.2 Å². The van der Waals surface area contributed by atoms with Gasteiger partial charge in [0, 0.05) is 25.7 Å². The molecule has 0 bridgehead atoms. The second kappa shape index (κ2) is 7.20. The van der Waals surface area contributed by atoms with Crippen LogP contribution in [0.1, 0.15) is 39.5 Å². The molecule has 0 spiro atoms. The topological polar surface area (TPSA) is 47.3 Å². The summed E-state index contributed by atoms with van der Waals surface area (Å²) in [6, 6.07) is 0.453. The Labute approximate surface area is 93.8 Å². The van der Waals surface area contributed by atoms with Gasteiger partial charge in [0.25, 0.3) is 0 Å². The fourth-order valence-corrected chi connectivity index (χ4v) is 2.26. The molecule has 3 heteroatoms. The molecule has 0 saturated carbocycles. The Kier molecular flexibility index (Phi) is 6.22. The molecule has 1 rings (SSSR count). The van der Waals surface area contributed by atoms with Crippen molar-refractivity contribution in [2.24, 2.45) is 11.7 Å². The molecule has 15 heavy (non-hydrogen) atoms. The fraction of sp³-hybridized carbons (Fsp3) is 1.00. The number of hydrogen-bond donors (Lipinski definition) is 2. The molecule has 3 unspecified atom stereocenters. The van der Waals surface area contributed by atoms with Gasteiger partial charge in [-0.25, -0.2) is 0 Å². The Balaban J connectivity index is 2.19. The lowest BCUT2D eigenvalue weighted by Crippen LogP contribution is -2.44. The SMILES string of the molecule is CCCC(C)C(CN)NCC1CCCO1. The minimum absolute atomic E-state index is 0.424. The third-order valence-electron chi connectivity index (χ3n) is 3.32. The number of nitrogens with one attached hydrogen (secondary N) is 1. The number of hydrogen-bond acceptors (Lipinski definition) is 3. The van der Waals surface area contributed by atoms with Gasteiger partial charge in [-0.1, -0.05) is 20.3 Å². The summed E-state index contributed by atoms with van der Waals surface area (Å²) in [6.45, 7) is 7.14. The minimum atomic E-state index is 0.424. The molecule has 3 atom stereocenters. The molecular weight excluding hydrogens is 188 g/mol. The maximum Gasteiger partial charge on any atom is 0.0700 e. The molecule has 3 N–H and O–H groups in total. The Morgan fingerprint density at radius 3 is 2.87 bits per heavy atom. The maximum absolute atomic E-state index is 5.79. The molecule has 3 nitrogen and oxygen atoms in total. The van der Waals surface area contributed by atoms with Gasteiger partial charge in [0.15, 0.2) is 0 Å². The molecule has 1 saturated heterocycles. The van der Waals surface area contributed by atoms with Gasteiger partial charge in [0.1, 0.15) is 0 Å². The molecule has 0 aliphatic carbocycles. The van der Waals surface area contributed by atoms with E-state index in [2.05, 4.69) is 19.2 Å². The summed E-state index contributed by atoms with van der Waals surface area (Å²) in [5, 5.41) is 3.55. The highest BCUT2D eigenvalue weighted by Crippen LogP contribution is 2.13. The summed E-state index contributed by atoms with van der Waals surface area (Å²) in [5.74, 6) is 0.668. The number of nitrogens with two attached hydrogens (primary N) is 1. The number of ether oxygens (including phenoxy) is 1. The van der Waals surface area contributed by atoms with Crippen LogP contribution in [0, 0.1) is 5.92 Å². The van der Waals surface area contributed by atoms with Crippen molar-refractivity contribution in [3.63, 3.8) is 0 Å². The molecule has 90 valence electrons. The van der Waals surface area contributed by atoms with Crippen LogP contribution in [-0.2, 0) is 4.74 Å². The normalized spacial score (nSPS) is 25.4. The van der Waals surface area contributed by atoms with Crippen molar-refractivity contribution in [3.8, 4) is 0 Å². The van der Waals surface area contributed by atoms with Crippen LogP contribution >= 0.6 is 0 Å². The molecule has 0 aromatic heterocycles. The van der Waals surface area contributed by atoms with E-state index in [4.69, 9.17) is 10.5 Å². The summed E-state index contributed by atoms with van der Waals surface area (Å²) < 4.78 is 5.58. The van der Waals surface area contributed by atoms with Crippen molar-refractivity contribution < 1.29 is 4.74 Å². The first kappa shape index (κ1) is 12.9. The monoisotopic (exact) mass is 214 g/mol. The van der Waals surface area contributed by atoms with Crippen LogP contribution in [-0.4, -0.2) is 31.8 Å². The molecule has 1 aliphatic rings. The van der Waals surface area contributed by atoms with Crippen molar-refractivity contribution in [3.05, 3.63) is 0 Å². The Bertz CT molecular complexity index is 158. The molecule has 1 fully saturated rings. The predicted molar refractivity (Wildman–Crippen MR) is 63.9 cm³/mol. The van der Waals surface area contributed by atoms with Crippen LogP contribution in [0.3, 0.4) is 0 Å². The van der Waals surface area contributed by atoms with Crippen LogP contribution in [0.4, 0.5) is 0 Å². The highest BCUT2D eigenvalue weighted by atomic mass is 16.5. The summed E-state index contributed by atoms with van der Waals surface area (Å²) >= 11 is 0. The zero-order valence-electron chi connectivity index (χ0n) is 10.2.